The zero-order chi connectivity index (χ0) is 14.4. The van der Waals surface area contributed by atoms with Crippen LogP contribution in [0.3, 0.4) is 0 Å². The molecule has 0 aromatic rings. The Hall–Kier alpha value is -1.56. The van der Waals surface area contributed by atoms with Crippen LogP contribution in [0.2, 0.25) is 0 Å². The van der Waals surface area contributed by atoms with Crippen LogP contribution < -0.4 is 5.32 Å². The molecule has 1 rings (SSSR count). The predicted octanol–water partition coefficient (Wildman–Crippen LogP) is 0.290. The van der Waals surface area contributed by atoms with Crippen LogP contribution in [0.1, 0.15) is 19.8 Å². The molecule has 0 spiro atoms. The molecule has 1 fully saturated rings. The van der Waals surface area contributed by atoms with Crippen LogP contribution in [0, 0.1) is 0 Å². The van der Waals surface area contributed by atoms with Crippen LogP contribution in [-0.4, -0.2) is 57.2 Å². The van der Waals surface area contributed by atoms with Crippen molar-refractivity contribution in [2.75, 3.05) is 34.4 Å². The lowest BCUT2D eigenvalue weighted by Gasteiger charge is -2.34. The van der Waals surface area contributed by atoms with Gasteiger partial charge in [-0.25, -0.2) is 4.79 Å². The zero-order valence-electron chi connectivity index (χ0n) is 12.0. The largest absolute Gasteiger partial charge is 0.464 e. The maximum atomic E-state index is 11.7. The normalized spacial score (nSPS) is 22.6. The standard InChI is InChI=1S/C13H22N2O4/c1-9(16)19-8-11-7-10(5-6-15(11)3)12(14-2)13(17)18-4/h11,14H,5-8H2,1-4H3/b12-10-. The van der Waals surface area contributed by atoms with Crippen molar-refractivity contribution >= 4 is 11.9 Å². The summed E-state index contributed by atoms with van der Waals surface area (Å²) in [5.74, 6) is -0.639. The van der Waals surface area contributed by atoms with Crippen LogP contribution >= 0.6 is 0 Å². The molecule has 0 saturated carbocycles. The highest BCUT2D eigenvalue weighted by atomic mass is 16.5. The van der Waals surface area contributed by atoms with Gasteiger partial charge >= 0.3 is 11.9 Å². The number of nitrogens with zero attached hydrogens (tertiary/aromatic N) is 1. The monoisotopic (exact) mass is 270 g/mol. The number of hydrogen-bond donors (Lipinski definition) is 1. The average Bonchev–Trinajstić information content (AvgIpc) is 2.39. The Morgan fingerprint density at radius 2 is 2.16 bits per heavy atom. The number of ether oxygens (including phenoxy) is 2. The Labute approximate surface area is 113 Å². The van der Waals surface area contributed by atoms with Crippen molar-refractivity contribution in [2.24, 2.45) is 0 Å². The molecule has 1 saturated heterocycles. The molecule has 1 aliphatic rings. The number of nitrogens with one attached hydrogen (secondary N) is 1. The average molecular weight is 270 g/mol. The van der Waals surface area contributed by atoms with Crippen LogP contribution in [0.4, 0.5) is 0 Å². The highest BCUT2D eigenvalue weighted by Crippen LogP contribution is 2.23. The van der Waals surface area contributed by atoms with Gasteiger partial charge in [0.2, 0.25) is 0 Å². The van der Waals surface area contributed by atoms with Gasteiger partial charge in [0, 0.05) is 26.6 Å². The second kappa shape index (κ2) is 7.13. The van der Waals surface area contributed by atoms with E-state index in [1.165, 1.54) is 14.0 Å². The van der Waals surface area contributed by atoms with Gasteiger partial charge in [-0.2, -0.15) is 0 Å². The first-order valence-electron chi connectivity index (χ1n) is 6.31. The molecule has 1 heterocycles. The molecule has 1 aliphatic heterocycles. The van der Waals surface area contributed by atoms with Crippen molar-refractivity contribution in [3.05, 3.63) is 11.3 Å². The molecule has 6 heteroatoms. The van der Waals surface area contributed by atoms with Crippen molar-refractivity contribution < 1.29 is 19.1 Å². The lowest BCUT2D eigenvalue weighted by atomic mass is 9.95. The fraction of sp³-hybridized carbons (Fsp3) is 0.692. The van der Waals surface area contributed by atoms with Crippen LogP contribution in [0.15, 0.2) is 11.3 Å². The van der Waals surface area contributed by atoms with Crippen LogP contribution in [-0.2, 0) is 19.1 Å². The van der Waals surface area contributed by atoms with Gasteiger partial charge in [0.1, 0.15) is 12.3 Å². The Balaban J connectivity index is 2.79. The SMILES string of the molecule is CN/C(C(=O)OC)=C1/CCN(C)C(COC(C)=O)C1. The lowest BCUT2D eigenvalue weighted by molar-refractivity contribution is -0.143. The molecule has 6 nitrogen and oxygen atoms in total. The van der Waals surface area contributed by atoms with Gasteiger partial charge in [0.15, 0.2) is 0 Å². The Morgan fingerprint density at radius 3 is 2.68 bits per heavy atom. The zero-order valence-corrected chi connectivity index (χ0v) is 12.0. The van der Waals surface area contributed by atoms with Gasteiger partial charge in [0.25, 0.3) is 0 Å². The van der Waals surface area contributed by atoms with Crippen molar-refractivity contribution in [3.8, 4) is 0 Å². The molecule has 0 radical (unpaired) electrons. The smallest absolute Gasteiger partial charge is 0.354 e. The molecule has 0 amide bonds. The second-order valence-corrected chi connectivity index (χ2v) is 4.61. The van der Waals surface area contributed by atoms with E-state index >= 15 is 0 Å². The van der Waals surface area contributed by atoms with E-state index in [4.69, 9.17) is 9.47 Å². The summed E-state index contributed by atoms with van der Waals surface area (Å²) in [6.07, 6.45) is 1.49. The number of rotatable bonds is 4. The summed E-state index contributed by atoms with van der Waals surface area (Å²) in [5.41, 5.74) is 1.54. The van der Waals surface area contributed by atoms with E-state index in [2.05, 4.69) is 10.2 Å². The summed E-state index contributed by atoms with van der Waals surface area (Å²) < 4.78 is 9.82. The number of likely N-dealkylation sites (tertiary alicyclic amines) is 1. The molecule has 0 bridgehead atoms. The molecule has 0 aromatic carbocycles. The number of hydrogen-bond acceptors (Lipinski definition) is 6. The quantitative estimate of drug-likeness (QED) is 0.585. The van der Waals surface area contributed by atoms with Gasteiger partial charge in [-0.3, -0.25) is 9.69 Å². The number of carbonyl (C=O) groups is 2. The third-order valence-electron chi connectivity index (χ3n) is 3.34. The summed E-state index contributed by atoms with van der Waals surface area (Å²) >= 11 is 0. The summed E-state index contributed by atoms with van der Waals surface area (Å²) in [7, 11) is 5.06. The summed E-state index contributed by atoms with van der Waals surface area (Å²) in [4.78, 5) is 24.7. The number of carbonyl (C=O) groups excluding carboxylic acids is 2. The Kier molecular flexibility index (Phi) is 5.82. The van der Waals surface area contributed by atoms with E-state index in [1.54, 1.807) is 7.05 Å². The second-order valence-electron chi connectivity index (χ2n) is 4.61. The number of methoxy groups -OCH3 is 1. The number of piperidine rings is 1. The van der Waals surface area contributed by atoms with Gasteiger partial charge in [0.05, 0.1) is 7.11 Å². The van der Waals surface area contributed by atoms with E-state index in [0.29, 0.717) is 18.7 Å². The minimum absolute atomic E-state index is 0.0978. The van der Waals surface area contributed by atoms with Crippen molar-refractivity contribution in [2.45, 2.75) is 25.8 Å². The van der Waals surface area contributed by atoms with E-state index in [9.17, 15) is 9.59 Å². The van der Waals surface area contributed by atoms with Gasteiger partial charge in [-0.05, 0) is 25.5 Å². The number of likely N-dealkylation sites (N-methyl/N-ethyl adjacent to an activating group) is 2. The highest BCUT2D eigenvalue weighted by molar-refractivity contribution is 5.88. The molecule has 0 aliphatic carbocycles. The highest BCUT2D eigenvalue weighted by Gasteiger charge is 2.26. The Bertz CT molecular complexity index is 379. The summed E-state index contributed by atoms with van der Waals surface area (Å²) in [6, 6.07) is 0.0978. The summed E-state index contributed by atoms with van der Waals surface area (Å²) in [6.45, 7) is 2.56. The maximum absolute atomic E-state index is 11.7. The van der Waals surface area contributed by atoms with E-state index in [0.717, 1.165) is 18.5 Å². The number of esters is 2. The maximum Gasteiger partial charge on any atom is 0.354 e. The summed E-state index contributed by atoms with van der Waals surface area (Å²) in [5, 5.41) is 2.90. The van der Waals surface area contributed by atoms with Crippen molar-refractivity contribution in [3.63, 3.8) is 0 Å². The molecule has 108 valence electrons. The molecular weight excluding hydrogens is 248 g/mol. The molecule has 1 N–H and O–H groups in total. The van der Waals surface area contributed by atoms with Crippen LogP contribution in [0.25, 0.3) is 0 Å². The molecule has 19 heavy (non-hydrogen) atoms. The van der Waals surface area contributed by atoms with E-state index in [-0.39, 0.29) is 18.0 Å². The first-order chi connectivity index (χ1) is 8.99. The predicted molar refractivity (Wildman–Crippen MR) is 70.4 cm³/mol. The fourth-order valence-corrected chi connectivity index (χ4v) is 2.19. The molecule has 1 atom stereocenters. The van der Waals surface area contributed by atoms with Gasteiger partial charge in [-0.1, -0.05) is 0 Å². The molecule has 1 unspecified atom stereocenters. The lowest BCUT2D eigenvalue weighted by Crippen LogP contribution is -2.41. The molecular formula is C13H22N2O4. The van der Waals surface area contributed by atoms with E-state index in [1.807, 2.05) is 7.05 Å². The van der Waals surface area contributed by atoms with Crippen molar-refractivity contribution in [1.82, 2.24) is 10.2 Å². The van der Waals surface area contributed by atoms with Crippen LogP contribution in [0.5, 0.6) is 0 Å². The third kappa shape index (κ3) is 4.24. The van der Waals surface area contributed by atoms with E-state index < -0.39 is 0 Å². The fourth-order valence-electron chi connectivity index (χ4n) is 2.19. The molecule has 0 aromatic heterocycles. The third-order valence-corrected chi connectivity index (χ3v) is 3.34. The minimum Gasteiger partial charge on any atom is -0.464 e. The van der Waals surface area contributed by atoms with Crippen molar-refractivity contribution in [1.29, 1.82) is 0 Å². The van der Waals surface area contributed by atoms with Gasteiger partial charge < -0.3 is 14.8 Å². The first-order valence-corrected chi connectivity index (χ1v) is 6.31. The van der Waals surface area contributed by atoms with Gasteiger partial charge in [-0.15, -0.1) is 0 Å². The first kappa shape index (κ1) is 15.5. The topological polar surface area (TPSA) is 67.9 Å². The minimum atomic E-state index is -0.353. The Morgan fingerprint density at radius 1 is 1.47 bits per heavy atom.